The number of halogens is 2. The van der Waals surface area contributed by atoms with Crippen molar-refractivity contribution in [2.45, 2.75) is 13.0 Å². The summed E-state index contributed by atoms with van der Waals surface area (Å²) < 4.78 is 13.9. The number of amides is 2. The van der Waals surface area contributed by atoms with Crippen LogP contribution in [0.5, 0.6) is 0 Å². The molecule has 6 heteroatoms. The Hall–Kier alpha value is -2.40. The van der Waals surface area contributed by atoms with E-state index in [1.54, 1.807) is 49.4 Å². The molecule has 1 atom stereocenters. The largest absolute Gasteiger partial charge is 0.325 e. The van der Waals surface area contributed by atoms with Crippen LogP contribution in [0.4, 0.5) is 10.1 Å². The van der Waals surface area contributed by atoms with Crippen molar-refractivity contribution < 1.29 is 14.0 Å². The normalized spacial score (nSPS) is 18.0. The summed E-state index contributed by atoms with van der Waals surface area (Å²) >= 11 is 5.83. The summed E-state index contributed by atoms with van der Waals surface area (Å²) in [7, 11) is 0. The maximum atomic E-state index is 13.9. The van der Waals surface area contributed by atoms with Crippen LogP contribution in [0, 0.1) is 5.82 Å². The van der Waals surface area contributed by atoms with E-state index in [0.29, 0.717) is 17.1 Å². The van der Waals surface area contributed by atoms with E-state index >= 15 is 0 Å². The van der Waals surface area contributed by atoms with Gasteiger partial charge in [0.25, 0.3) is 5.91 Å². The van der Waals surface area contributed by atoms with Gasteiger partial charge in [-0.15, -0.1) is 0 Å². The third-order valence-corrected chi connectivity index (χ3v) is 4.40. The molecule has 4 nitrogen and oxygen atoms in total. The van der Waals surface area contributed by atoms with E-state index in [2.05, 4.69) is 0 Å². The molecule has 1 saturated heterocycles. The first-order valence-corrected chi connectivity index (χ1v) is 7.99. The predicted molar refractivity (Wildman–Crippen MR) is 90.7 cm³/mol. The van der Waals surface area contributed by atoms with E-state index in [4.69, 9.17) is 11.6 Å². The van der Waals surface area contributed by atoms with Gasteiger partial charge in [0.1, 0.15) is 11.9 Å². The molecular weight excluding hydrogens is 331 g/mol. The molecule has 0 saturated carbocycles. The average molecular weight is 347 g/mol. The lowest BCUT2D eigenvalue weighted by Crippen LogP contribution is -2.58. The summed E-state index contributed by atoms with van der Waals surface area (Å²) in [5, 5.41) is 0.542. The Labute approximate surface area is 144 Å². The Morgan fingerprint density at radius 2 is 1.79 bits per heavy atom. The van der Waals surface area contributed by atoms with Gasteiger partial charge in [0.15, 0.2) is 0 Å². The van der Waals surface area contributed by atoms with Crippen molar-refractivity contribution in [3.8, 4) is 0 Å². The van der Waals surface area contributed by atoms with E-state index in [9.17, 15) is 14.0 Å². The number of piperazine rings is 1. The van der Waals surface area contributed by atoms with Crippen LogP contribution in [-0.4, -0.2) is 35.8 Å². The van der Waals surface area contributed by atoms with Crippen LogP contribution >= 0.6 is 11.6 Å². The van der Waals surface area contributed by atoms with Gasteiger partial charge in [0.2, 0.25) is 5.91 Å². The number of rotatable bonds is 2. The third kappa shape index (κ3) is 2.99. The zero-order valence-corrected chi connectivity index (χ0v) is 13.8. The van der Waals surface area contributed by atoms with Crippen molar-refractivity contribution in [2.75, 3.05) is 18.0 Å². The summed E-state index contributed by atoms with van der Waals surface area (Å²) in [5.41, 5.74) is 0.714. The van der Waals surface area contributed by atoms with Crippen molar-refractivity contribution in [1.82, 2.24) is 4.90 Å². The molecule has 3 rings (SSSR count). The molecule has 2 amide bonds. The quantitative estimate of drug-likeness (QED) is 0.836. The van der Waals surface area contributed by atoms with Crippen LogP contribution in [0.15, 0.2) is 48.5 Å². The topological polar surface area (TPSA) is 40.6 Å². The van der Waals surface area contributed by atoms with Crippen LogP contribution in [0.2, 0.25) is 5.02 Å². The smallest absolute Gasteiger partial charge is 0.254 e. The first kappa shape index (κ1) is 16.5. The highest BCUT2D eigenvalue weighted by Gasteiger charge is 2.36. The molecule has 0 bridgehead atoms. The molecular formula is C18H16ClFN2O2. The first-order valence-electron chi connectivity index (χ1n) is 7.61. The number of anilines is 1. The van der Waals surface area contributed by atoms with Gasteiger partial charge in [-0.05, 0) is 43.3 Å². The fourth-order valence-electron chi connectivity index (χ4n) is 2.82. The molecule has 1 aliphatic rings. The number of benzene rings is 2. The van der Waals surface area contributed by atoms with E-state index < -0.39 is 11.9 Å². The number of hydrogen-bond donors (Lipinski definition) is 0. The van der Waals surface area contributed by atoms with Crippen molar-refractivity contribution in [2.24, 2.45) is 0 Å². The predicted octanol–water partition coefficient (Wildman–Crippen LogP) is 3.36. The summed E-state index contributed by atoms with van der Waals surface area (Å²) in [6, 6.07) is 12.0. The van der Waals surface area contributed by atoms with Gasteiger partial charge < -0.3 is 9.80 Å². The van der Waals surface area contributed by atoms with Crippen molar-refractivity contribution in [3.05, 3.63) is 64.9 Å². The summed E-state index contributed by atoms with van der Waals surface area (Å²) in [6.07, 6.45) is 0. The molecule has 1 unspecified atom stereocenters. The summed E-state index contributed by atoms with van der Waals surface area (Å²) in [6.45, 7) is 2.25. The Kier molecular flexibility index (Phi) is 4.53. The lowest BCUT2D eigenvalue weighted by molar-refractivity contribution is -0.124. The number of carbonyl (C=O) groups is 2. The number of carbonyl (C=O) groups excluding carboxylic acids is 2. The third-order valence-electron chi connectivity index (χ3n) is 4.15. The van der Waals surface area contributed by atoms with E-state index in [-0.39, 0.29) is 24.0 Å². The SMILES string of the molecule is CC1C(=O)N(c2ccccc2F)CCN1C(=O)c1ccc(Cl)cc1. The van der Waals surface area contributed by atoms with Crippen LogP contribution in [0.25, 0.3) is 0 Å². The Balaban J connectivity index is 1.81. The maximum absolute atomic E-state index is 13.9. The molecule has 0 spiro atoms. The molecule has 24 heavy (non-hydrogen) atoms. The zero-order valence-electron chi connectivity index (χ0n) is 13.1. The second-order valence-electron chi connectivity index (χ2n) is 5.62. The minimum Gasteiger partial charge on any atom is -0.325 e. The molecule has 124 valence electrons. The van der Waals surface area contributed by atoms with Gasteiger partial charge in [-0.2, -0.15) is 0 Å². The average Bonchev–Trinajstić information content (AvgIpc) is 2.58. The van der Waals surface area contributed by atoms with Gasteiger partial charge in [0.05, 0.1) is 5.69 Å². The van der Waals surface area contributed by atoms with Gasteiger partial charge in [-0.25, -0.2) is 4.39 Å². The van der Waals surface area contributed by atoms with Gasteiger partial charge in [0, 0.05) is 23.7 Å². The van der Waals surface area contributed by atoms with Crippen LogP contribution in [0.3, 0.4) is 0 Å². The Morgan fingerprint density at radius 1 is 1.12 bits per heavy atom. The number of para-hydroxylation sites is 1. The molecule has 1 fully saturated rings. The summed E-state index contributed by atoms with van der Waals surface area (Å²) in [5.74, 6) is -0.982. The fraction of sp³-hybridized carbons (Fsp3) is 0.222. The van der Waals surface area contributed by atoms with E-state index in [0.717, 1.165) is 0 Å². The lowest BCUT2D eigenvalue weighted by atomic mass is 10.1. The second kappa shape index (κ2) is 6.61. The number of nitrogens with zero attached hydrogens (tertiary/aromatic N) is 2. The minimum absolute atomic E-state index is 0.235. The standard InChI is InChI=1S/C18H16ClFN2O2/c1-12-17(23)22(16-5-3-2-4-15(16)20)11-10-21(12)18(24)13-6-8-14(19)9-7-13/h2-9,12H,10-11H2,1H3. The zero-order chi connectivity index (χ0) is 17.3. The highest BCUT2D eigenvalue weighted by atomic mass is 35.5. The summed E-state index contributed by atoms with van der Waals surface area (Å²) in [4.78, 5) is 28.1. The van der Waals surface area contributed by atoms with Crippen LogP contribution < -0.4 is 4.90 Å². The molecule has 2 aromatic rings. The molecule has 0 radical (unpaired) electrons. The first-order chi connectivity index (χ1) is 11.5. The molecule has 0 N–H and O–H groups in total. The molecule has 0 aliphatic carbocycles. The highest BCUT2D eigenvalue weighted by Crippen LogP contribution is 2.24. The molecule has 0 aromatic heterocycles. The van der Waals surface area contributed by atoms with Gasteiger partial charge in [-0.1, -0.05) is 23.7 Å². The molecule has 2 aromatic carbocycles. The van der Waals surface area contributed by atoms with Crippen LogP contribution in [-0.2, 0) is 4.79 Å². The van der Waals surface area contributed by atoms with E-state index in [1.807, 2.05) is 0 Å². The van der Waals surface area contributed by atoms with Gasteiger partial charge >= 0.3 is 0 Å². The lowest BCUT2D eigenvalue weighted by Gasteiger charge is -2.39. The van der Waals surface area contributed by atoms with Crippen molar-refractivity contribution in [1.29, 1.82) is 0 Å². The van der Waals surface area contributed by atoms with Crippen molar-refractivity contribution in [3.63, 3.8) is 0 Å². The molecule has 1 heterocycles. The molecule has 1 aliphatic heterocycles. The maximum Gasteiger partial charge on any atom is 0.254 e. The second-order valence-corrected chi connectivity index (χ2v) is 6.06. The fourth-order valence-corrected chi connectivity index (χ4v) is 2.94. The van der Waals surface area contributed by atoms with Gasteiger partial charge in [-0.3, -0.25) is 9.59 Å². The Morgan fingerprint density at radius 3 is 2.46 bits per heavy atom. The minimum atomic E-state index is -0.665. The van der Waals surface area contributed by atoms with E-state index in [1.165, 1.54) is 15.9 Å². The highest BCUT2D eigenvalue weighted by molar-refractivity contribution is 6.30. The Bertz CT molecular complexity index is 779. The number of hydrogen-bond acceptors (Lipinski definition) is 2. The van der Waals surface area contributed by atoms with Crippen molar-refractivity contribution >= 4 is 29.1 Å². The monoisotopic (exact) mass is 346 g/mol. The van der Waals surface area contributed by atoms with Crippen LogP contribution in [0.1, 0.15) is 17.3 Å².